The number of nitrogens with zero attached hydrogens (tertiary/aromatic N) is 2. The predicted octanol–water partition coefficient (Wildman–Crippen LogP) is 4.06. The van der Waals surface area contributed by atoms with Crippen LogP contribution in [0, 0.1) is 10.9 Å². The van der Waals surface area contributed by atoms with E-state index >= 15 is 0 Å². The topological polar surface area (TPSA) is 54.6 Å². The zero-order valence-electron chi connectivity index (χ0n) is 13.3. The average Bonchev–Trinajstić information content (AvgIpc) is 3.05. The van der Waals surface area contributed by atoms with Crippen LogP contribution in [0.1, 0.15) is 10.4 Å². The molecule has 2 aromatic carbocycles. The molecule has 1 aliphatic heterocycles. The zero-order valence-corrected chi connectivity index (χ0v) is 17.3. The molecule has 1 aromatic heterocycles. The van der Waals surface area contributed by atoms with Gasteiger partial charge in [0, 0.05) is 14.7 Å². The number of aromatic hydroxyl groups is 1. The summed E-state index contributed by atoms with van der Waals surface area (Å²) < 4.78 is 2.75. The highest BCUT2D eigenvalue weighted by Gasteiger charge is 2.26. The van der Waals surface area contributed by atoms with E-state index in [4.69, 9.17) is 23.8 Å². The molecule has 4 rings (SSSR count). The third-order valence-corrected chi connectivity index (χ3v) is 6.37. The third kappa shape index (κ3) is 2.75. The number of aromatic nitrogens is 1. The molecule has 0 unspecified atom stereocenters. The van der Waals surface area contributed by atoms with E-state index in [2.05, 4.69) is 20.9 Å². The second kappa shape index (κ2) is 6.42. The molecule has 130 valence electrons. The van der Waals surface area contributed by atoms with Gasteiger partial charge in [-0.25, -0.2) is 4.99 Å². The highest BCUT2D eigenvalue weighted by molar-refractivity contribution is 9.10. The van der Waals surface area contributed by atoms with Crippen molar-refractivity contribution in [2.24, 2.45) is 4.99 Å². The largest absolute Gasteiger partial charge is 0.493 e. The lowest BCUT2D eigenvalue weighted by molar-refractivity contribution is -0.112. The third-order valence-electron chi connectivity index (χ3n) is 4.09. The maximum absolute atomic E-state index is 12.5. The number of fused-ring (bicyclic) bond motifs is 1. The Morgan fingerprint density at radius 1 is 1.27 bits per heavy atom. The van der Waals surface area contributed by atoms with Crippen molar-refractivity contribution in [2.75, 3.05) is 0 Å². The number of halogens is 2. The van der Waals surface area contributed by atoms with Gasteiger partial charge in [0.15, 0.2) is 3.95 Å². The van der Waals surface area contributed by atoms with Crippen molar-refractivity contribution in [2.45, 2.75) is 6.92 Å². The predicted molar refractivity (Wildman–Crippen MR) is 108 cm³/mol. The molecule has 2 heterocycles. The van der Waals surface area contributed by atoms with Crippen LogP contribution in [-0.2, 0) is 4.79 Å². The second-order valence-corrected chi connectivity index (χ2v) is 8.71. The quantitative estimate of drug-likeness (QED) is 0.581. The molecule has 0 bridgehead atoms. The average molecular weight is 466 g/mol. The van der Waals surface area contributed by atoms with Gasteiger partial charge < -0.3 is 5.11 Å². The van der Waals surface area contributed by atoms with Gasteiger partial charge in [-0.05, 0) is 55.0 Å². The van der Waals surface area contributed by atoms with Gasteiger partial charge in [-0.2, -0.15) is 0 Å². The molecule has 4 nitrogen and oxygen atoms in total. The summed E-state index contributed by atoms with van der Waals surface area (Å²) in [5, 5.41) is 12.7. The molecule has 26 heavy (non-hydrogen) atoms. The number of thiazole rings is 1. The van der Waals surface area contributed by atoms with Gasteiger partial charge in [0.05, 0.1) is 16.6 Å². The first-order valence-electron chi connectivity index (χ1n) is 7.51. The molecule has 0 aliphatic carbocycles. The van der Waals surface area contributed by atoms with Gasteiger partial charge in [-0.15, -0.1) is 11.3 Å². The van der Waals surface area contributed by atoms with Gasteiger partial charge in [-0.1, -0.05) is 33.6 Å². The van der Waals surface area contributed by atoms with E-state index in [1.807, 2.05) is 31.2 Å². The molecule has 1 aliphatic rings. The van der Waals surface area contributed by atoms with E-state index in [0.717, 1.165) is 10.0 Å². The Kier molecular flexibility index (Phi) is 4.35. The molecule has 8 heteroatoms. The second-order valence-electron chi connectivity index (χ2n) is 5.74. The first kappa shape index (κ1) is 17.6. The minimum absolute atomic E-state index is 0.0914. The maximum atomic E-state index is 12.5. The first-order valence-corrected chi connectivity index (χ1v) is 9.91. The van der Waals surface area contributed by atoms with Crippen LogP contribution < -0.4 is 10.6 Å². The van der Waals surface area contributed by atoms with Gasteiger partial charge in [-0.3, -0.25) is 9.36 Å². The lowest BCUT2D eigenvalue weighted by Crippen LogP contribution is -2.22. The zero-order chi connectivity index (χ0) is 18.6. The Morgan fingerprint density at radius 3 is 2.77 bits per heavy atom. The Hall–Kier alpha value is -1.80. The summed E-state index contributed by atoms with van der Waals surface area (Å²) in [5.41, 5.74) is 1.92. The lowest BCUT2D eigenvalue weighted by Gasteiger charge is -2.07. The standard InChI is InChI=1S/C18H10BrClN2O2S2/c1-8-2-4-10(7-12(8)20)22-17(24)15(26-18(22)25)14-11-6-9(19)3-5-13(11)21-16(14)23/h2-7,24H,1H3. The Labute approximate surface area is 170 Å². The van der Waals surface area contributed by atoms with Gasteiger partial charge >= 0.3 is 0 Å². The van der Waals surface area contributed by atoms with Crippen molar-refractivity contribution in [3.63, 3.8) is 0 Å². The van der Waals surface area contributed by atoms with E-state index in [1.165, 1.54) is 15.9 Å². The number of carbonyl (C=O) groups excluding carboxylic acids is 1. The monoisotopic (exact) mass is 464 g/mol. The summed E-state index contributed by atoms with van der Waals surface area (Å²) in [6.45, 7) is 1.90. The fraction of sp³-hybridized carbons (Fsp3) is 0.0556. The SMILES string of the molecule is Cc1ccc(-n2c(O)c(C3=c4cc(Br)ccc4=NC3=O)sc2=S)cc1Cl. The van der Waals surface area contributed by atoms with E-state index in [1.54, 1.807) is 12.1 Å². The minimum atomic E-state index is -0.390. The Balaban J connectivity index is 2.00. The van der Waals surface area contributed by atoms with Crippen molar-refractivity contribution < 1.29 is 9.90 Å². The Morgan fingerprint density at radius 2 is 2.04 bits per heavy atom. The highest BCUT2D eigenvalue weighted by atomic mass is 79.9. The normalized spacial score (nSPS) is 13.0. The van der Waals surface area contributed by atoms with E-state index in [-0.39, 0.29) is 5.88 Å². The van der Waals surface area contributed by atoms with Gasteiger partial charge in [0.25, 0.3) is 5.91 Å². The van der Waals surface area contributed by atoms with Crippen LogP contribution in [0.25, 0.3) is 11.3 Å². The molecule has 1 N–H and O–H groups in total. The fourth-order valence-electron chi connectivity index (χ4n) is 2.78. The summed E-state index contributed by atoms with van der Waals surface area (Å²) in [7, 11) is 0. The van der Waals surface area contributed by atoms with Crippen molar-refractivity contribution in [1.29, 1.82) is 0 Å². The van der Waals surface area contributed by atoms with Crippen LogP contribution in [0.3, 0.4) is 0 Å². The smallest absolute Gasteiger partial charge is 0.279 e. The van der Waals surface area contributed by atoms with Crippen molar-refractivity contribution in [3.05, 3.63) is 70.9 Å². The number of hydrogen-bond acceptors (Lipinski definition) is 4. The van der Waals surface area contributed by atoms with Crippen molar-refractivity contribution in [3.8, 4) is 11.6 Å². The molecule has 0 saturated heterocycles. The van der Waals surface area contributed by atoms with E-state index in [0.29, 0.717) is 35.7 Å². The summed E-state index contributed by atoms with van der Waals surface area (Å²) in [4.78, 5) is 16.9. The first-order chi connectivity index (χ1) is 12.4. The number of carbonyl (C=O) groups is 1. The molecule has 0 saturated carbocycles. The molecule has 0 spiro atoms. The van der Waals surface area contributed by atoms with Gasteiger partial charge in [0.2, 0.25) is 5.88 Å². The highest BCUT2D eigenvalue weighted by Crippen LogP contribution is 2.35. The summed E-state index contributed by atoms with van der Waals surface area (Å²) in [5.74, 6) is -0.481. The molecule has 0 fully saturated rings. The van der Waals surface area contributed by atoms with Crippen LogP contribution in [0.15, 0.2) is 45.9 Å². The number of rotatable bonds is 2. The molecule has 1 amide bonds. The number of amides is 1. The maximum Gasteiger partial charge on any atom is 0.279 e. The fourth-order valence-corrected chi connectivity index (χ4v) is 4.70. The molecular formula is C18H10BrClN2O2S2. The van der Waals surface area contributed by atoms with E-state index in [9.17, 15) is 9.90 Å². The van der Waals surface area contributed by atoms with Crippen LogP contribution in [-0.4, -0.2) is 15.6 Å². The number of aryl methyl sites for hydroxylation is 1. The summed E-state index contributed by atoms with van der Waals surface area (Å²) in [6, 6.07) is 10.8. The molecule has 3 aromatic rings. The van der Waals surface area contributed by atoms with Crippen molar-refractivity contribution >= 4 is 62.6 Å². The van der Waals surface area contributed by atoms with Crippen LogP contribution in [0.4, 0.5) is 0 Å². The van der Waals surface area contributed by atoms with E-state index < -0.39 is 5.91 Å². The molecule has 0 atom stereocenters. The summed E-state index contributed by atoms with van der Waals surface area (Å²) in [6.07, 6.45) is 0. The lowest BCUT2D eigenvalue weighted by atomic mass is 10.1. The number of hydrogen-bond donors (Lipinski definition) is 1. The number of benzene rings is 2. The summed E-state index contributed by atoms with van der Waals surface area (Å²) >= 11 is 16.2. The van der Waals surface area contributed by atoms with Crippen molar-refractivity contribution in [1.82, 2.24) is 4.57 Å². The van der Waals surface area contributed by atoms with Crippen LogP contribution in [0.2, 0.25) is 5.02 Å². The van der Waals surface area contributed by atoms with Crippen LogP contribution >= 0.6 is 51.1 Å². The molecular weight excluding hydrogens is 456 g/mol. The van der Waals surface area contributed by atoms with Gasteiger partial charge in [0.1, 0.15) is 4.88 Å². The Bertz CT molecular complexity index is 1280. The molecule has 0 radical (unpaired) electrons. The van der Waals surface area contributed by atoms with Crippen LogP contribution in [0.5, 0.6) is 5.88 Å². The minimum Gasteiger partial charge on any atom is -0.493 e.